The van der Waals surface area contributed by atoms with Crippen LogP contribution in [-0.2, 0) is 17.8 Å². The molecule has 2 aromatic rings. The second-order valence-electron chi connectivity index (χ2n) is 6.79. The Hall–Kier alpha value is -2.76. The smallest absolute Gasteiger partial charge is 0.410 e. The van der Waals surface area contributed by atoms with Gasteiger partial charge in [-0.15, -0.1) is 0 Å². The van der Waals surface area contributed by atoms with E-state index in [1.54, 1.807) is 11.0 Å². The van der Waals surface area contributed by atoms with Gasteiger partial charge in [0, 0.05) is 18.8 Å². The van der Waals surface area contributed by atoms with Gasteiger partial charge in [0.15, 0.2) is 0 Å². The summed E-state index contributed by atoms with van der Waals surface area (Å²) in [6.45, 7) is 6.52. The van der Waals surface area contributed by atoms with Crippen molar-refractivity contribution in [3.8, 4) is 0 Å². The largest absolute Gasteiger partial charge is 0.472 e. The van der Waals surface area contributed by atoms with Gasteiger partial charge < -0.3 is 14.5 Å². The van der Waals surface area contributed by atoms with Crippen molar-refractivity contribution in [3.05, 3.63) is 53.5 Å². The molecular formula is C18H20N2O4. The Labute approximate surface area is 140 Å². The van der Waals surface area contributed by atoms with E-state index in [1.165, 1.54) is 12.5 Å². The molecule has 0 bridgehead atoms. The Morgan fingerprint density at radius 2 is 1.92 bits per heavy atom. The molecule has 6 nitrogen and oxygen atoms in total. The highest BCUT2D eigenvalue weighted by molar-refractivity contribution is 6.04. The second-order valence-corrected chi connectivity index (χ2v) is 6.79. The van der Waals surface area contributed by atoms with Crippen LogP contribution in [0.25, 0.3) is 0 Å². The number of nitrogens with one attached hydrogen (secondary N) is 1. The summed E-state index contributed by atoms with van der Waals surface area (Å²) in [6, 6.07) is 7.24. The van der Waals surface area contributed by atoms with Gasteiger partial charge in [0.1, 0.15) is 11.9 Å². The predicted octanol–water partition coefficient (Wildman–Crippen LogP) is 3.78. The van der Waals surface area contributed by atoms with E-state index in [0.717, 1.165) is 11.1 Å². The number of amides is 2. The zero-order valence-electron chi connectivity index (χ0n) is 14.0. The van der Waals surface area contributed by atoms with E-state index in [4.69, 9.17) is 9.15 Å². The number of hydrogen-bond acceptors (Lipinski definition) is 4. The summed E-state index contributed by atoms with van der Waals surface area (Å²) < 4.78 is 10.3. The standard InChI is InChI=1S/C18H20N2O4/c1-18(2,3)24-17(22)20-9-12-4-5-15(8-14(12)10-20)19-16(21)13-6-7-23-11-13/h4-8,11H,9-10H2,1-3H3,(H,19,21). The maximum atomic E-state index is 12.2. The molecular weight excluding hydrogens is 308 g/mol. The van der Waals surface area contributed by atoms with Crippen LogP contribution in [0.5, 0.6) is 0 Å². The fraction of sp³-hybridized carbons (Fsp3) is 0.333. The number of nitrogens with zero attached hydrogens (tertiary/aromatic N) is 1. The van der Waals surface area contributed by atoms with E-state index >= 15 is 0 Å². The fourth-order valence-corrected chi connectivity index (χ4v) is 2.52. The van der Waals surface area contributed by atoms with Crippen LogP contribution in [-0.4, -0.2) is 22.5 Å². The van der Waals surface area contributed by atoms with Gasteiger partial charge in [0.25, 0.3) is 5.91 Å². The number of carbonyl (C=O) groups is 2. The number of benzene rings is 1. The first kappa shape index (κ1) is 16.1. The van der Waals surface area contributed by atoms with Crippen LogP contribution >= 0.6 is 0 Å². The highest BCUT2D eigenvalue weighted by Gasteiger charge is 2.27. The maximum Gasteiger partial charge on any atom is 0.410 e. The lowest BCUT2D eigenvalue weighted by Crippen LogP contribution is -2.33. The van der Waals surface area contributed by atoms with Crippen molar-refractivity contribution in [2.45, 2.75) is 39.5 Å². The Bertz CT molecular complexity index is 760. The summed E-state index contributed by atoms with van der Waals surface area (Å²) >= 11 is 0. The van der Waals surface area contributed by atoms with Gasteiger partial charge in [-0.25, -0.2) is 4.79 Å². The molecule has 0 aliphatic carbocycles. The van der Waals surface area contributed by atoms with Crippen LogP contribution in [0, 0.1) is 0 Å². The molecule has 0 radical (unpaired) electrons. The Balaban J connectivity index is 1.68. The summed E-state index contributed by atoms with van der Waals surface area (Å²) in [5.41, 5.74) is 2.69. The van der Waals surface area contributed by atoms with Crippen molar-refractivity contribution >= 4 is 17.7 Å². The van der Waals surface area contributed by atoms with E-state index < -0.39 is 5.60 Å². The van der Waals surface area contributed by atoms with Gasteiger partial charge in [0.2, 0.25) is 0 Å². The third kappa shape index (κ3) is 3.59. The van der Waals surface area contributed by atoms with E-state index in [2.05, 4.69) is 5.32 Å². The van der Waals surface area contributed by atoms with Crippen LogP contribution in [0.3, 0.4) is 0 Å². The quantitative estimate of drug-likeness (QED) is 0.910. The molecule has 1 N–H and O–H groups in total. The molecule has 2 amide bonds. The molecule has 24 heavy (non-hydrogen) atoms. The monoisotopic (exact) mass is 328 g/mol. The van der Waals surface area contributed by atoms with E-state index in [0.29, 0.717) is 24.3 Å². The SMILES string of the molecule is CC(C)(C)OC(=O)N1Cc2ccc(NC(=O)c3ccoc3)cc2C1. The molecule has 0 fully saturated rings. The van der Waals surface area contributed by atoms with Gasteiger partial charge in [-0.05, 0) is 50.1 Å². The summed E-state index contributed by atoms with van der Waals surface area (Å²) in [6.07, 6.45) is 2.52. The van der Waals surface area contributed by atoms with Crippen molar-refractivity contribution in [2.24, 2.45) is 0 Å². The highest BCUT2D eigenvalue weighted by atomic mass is 16.6. The molecule has 0 spiro atoms. The van der Waals surface area contributed by atoms with Crippen LogP contribution in [0.15, 0.2) is 41.2 Å². The predicted molar refractivity (Wildman–Crippen MR) is 88.6 cm³/mol. The molecule has 3 rings (SSSR count). The third-order valence-electron chi connectivity index (χ3n) is 3.62. The first-order valence-electron chi connectivity index (χ1n) is 7.75. The Morgan fingerprint density at radius 1 is 1.17 bits per heavy atom. The van der Waals surface area contributed by atoms with Gasteiger partial charge >= 0.3 is 6.09 Å². The molecule has 1 aliphatic heterocycles. The average Bonchev–Trinajstić information content (AvgIpc) is 3.14. The molecule has 1 aliphatic rings. The second kappa shape index (κ2) is 6.03. The lowest BCUT2D eigenvalue weighted by molar-refractivity contribution is 0.0241. The fourth-order valence-electron chi connectivity index (χ4n) is 2.52. The summed E-state index contributed by atoms with van der Waals surface area (Å²) in [5.74, 6) is -0.231. The summed E-state index contributed by atoms with van der Waals surface area (Å²) in [4.78, 5) is 25.9. The molecule has 0 unspecified atom stereocenters. The van der Waals surface area contributed by atoms with Gasteiger partial charge in [-0.3, -0.25) is 9.69 Å². The number of fused-ring (bicyclic) bond motifs is 1. The third-order valence-corrected chi connectivity index (χ3v) is 3.62. The average molecular weight is 328 g/mol. The van der Waals surface area contributed by atoms with E-state index in [1.807, 2.05) is 39.0 Å². The molecule has 0 saturated heterocycles. The van der Waals surface area contributed by atoms with Crippen LogP contribution in [0.4, 0.5) is 10.5 Å². The summed E-state index contributed by atoms with van der Waals surface area (Å²) in [7, 11) is 0. The molecule has 0 atom stereocenters. The normalized spacial score (nSPS) is 13.5. The lowest BCUT2D eigenvalue weighted by atomic mass is 10.1. The number of ether oxygens (including phenoxy) is 1. The first-order chi connectivity index (χ1) is 11.3. The summed E-state index contributed by atoms with van der Waals surface area (Å²) in [5, 5.41) is 2.82. The number of anilines is 1. The minimum atomic E-state index is -0.518. The van der Waals surface area contributed by atoms with Crippen molar-refractivity contribution < 1.29 is 18.7 Å². The highest BCUT2D eigenvalue weighted by Crippen LogP contribution is 2.27. The number of carbonyl (C=O) groups excluding carboxylic acids is 2. The number of hydrogen-bond donors (Lipinski definition) is 1. The first-order valence-corrected chi connectivity index (χ1v) is 7.75. The zero-order chi connectivity index (χ0) is 17.3. The molecule has 6 heteroatoms. The van der Waals surface area contributed by atoms with Gasteiger partial charge in [-0.2, -0.15) is 0 Å². The number of furan rings is 1. The maximum absolute atomic E-state index is 12.2. The van der Waals surface area contributed by atoms with Crippen LogP contribution in [0.1, 0.15) is 42.3 Å². The van der Waals surface area contributed by atoms with Crippen molar-refractivity contribution in [3.63, 3.8) is 0 Å². The topological polar surface area (TPSA) is 71.8 Å². The molecule has 1 aromatic heterocycles. The van der Waals surface area contributed by atoms with Crippen molar-refractivity contribution in [1.82, 2.24) is 4.90 Å². The molecule has 0 saturated carbocycles. The van der Waals surface area contributed by atoms with Gasteiger partial charge in [-0.1, -0.05) is 6.07 Å². The Kier molecular flexibility index (Phi) is 4.05. The van der Waals surface area contributed by atoms with Crippen molar-refractivity contribution in [1.29, 1.82) is 0 Å². The van der Waals surface area contributed by atoms with Crippen LogP contribution in [0.2, 0.25) is 0 Å². The zero-order valence-corrected chi connectivity index (χ0v) is 14.0. The van der Waals surface area contributed by atoms with Crippen molar-refractivity contribution in [2.75, 3.05) is 5.32 Å². The minimum Gasteiger partial charge on any atom is -0.472 e. The van der Waals surface area contributed by atoms with E-state index in [-0.39, 0.29) is 12.0 Å². The van der Waals surface area contributed by atoms with Crippen LogP contribution < -0.4 is 5.32 Å². The van der Waals surface area contributed by atoms with E-state index in [9.17, 15) is 9.59 Å². The van der Waals surface area contributed by atoms with Gasteiger partial charge in [0.05, 0.1) is 11.8 Å². The Morgan fingerprint density at radius 3 is 2.58 bits per heavy atom. The minimum absolute atomic E-state index is 0.231. The molecule has 126 valence electrons. The molecule has 2 heterocycles. The number of rotatable bonds is 2. The molecule has 1 aromatic carbocycles. The lowest BCUT2D eigenvalue weighted by Gasteiger charge is -2.24.